The van der Waals surface area contributed by atoms with Gasteiger partial charge in [-0.2, -0.15) is 0 Å². The van der Waals surface area contributed by atoms with Gasteiger partial charge in [-0.05, 0) is 44.1 Å². The summed E-state index contributed by atoms with van der Waals surface area (Å²) in [4.78, 5) is 9.55. The van der Waals surface area contributed by atoms with Crippen LogP contribution in [-0.2, 0) is 5.88 Å². The zero-order valence-corrected chi connectivity index (χ0v) is 13.5. The Morgan fingerprint density at radius 2 is 2.19 bits per heavy atom. The standard InChI is InChI=1S/C17H22ClN3/c1-20-9-5-6-14(12-20)21(2)17-10-13(11-18)15-7-3-4-8-16(15)19-17/h3-4,7-8,10,14H,5-6,9,11-12H2,1-2H3. The summed E-state index contributed by atoms with van der Waals surface area (Å²) in [7, 11) is 4.34. The maximum absolute atomic E-state index is 6.14. The number of likely N-dealkylation sites (tertiary alicyclic amines) is 1. The number of halogens is 1. The Labute approximate surface area is 131 Å². The Bertz CT molecular complexity index is 628. The van der Waals surface area contributed by atoms with Crippen molar-refractivity contribution in [1.29, 1.82) is 0 Å². The maximum atomic E-state index is 6.14. The minimum Gasteiger partial charge on any atom is -0.355 e. The SMILES string of the molecule is CN1CCCC(N(C)c2cc(CCl)c3ccccc3n2)C1. The van der Waals surface area contributed by atoms with Gasteiger partial charge in [0.15, 0.2) is 0 Å². The Morgan fingerprint density at radius 1 is 1.38 bits per heavy atom. The van der Waals surface area contributed by atoms with Gasteiger partial charge in [-0.3, -0.25) is 0 Å². The van der Waals surface area contributed by atoms with Crippen LogP contribution >= 0.6 is 11.6 Å². The molecule has 3 nitrogen and oxygen atoms in total. The van der Waals surface area contributed by atoms with E-state index in [1.165, 1.54) is 19.4 Å². The highest BCUT2D eigenvalue weighted by Crippen LogP contribution is 2.26. The molecule has 2 aromatic rings. The monoisotopic (exact) mass is 303 g/mol. The summed E-state index contributed by atoms with van der Waals surface area (Å²) >= 11 is 6.14. The van der Waals surface area contributed by atoms with E-state index < -0.39 is 0 Å². The van der Waals surface area contributed by atoms with Crippen molar-refractivity contribution in [2.75, 3.05) is 32.1 Å². The fourth-order valence-corrected chi connectivity index (χ4v) is 3.39. The summed E-state index contributed by atoms with van der Waals surface area (Å²) < 4.78 is 0. The van der Waals surface area contributed by atoms with E-state index in [-0.39, 0.29) is 0 Å². The molecule has 0 radical (unpaired) electrons. The Morgan fingerprint density at radius 3 is 2.95 bits per heavy atom. The molecular weight excluding hydrogens is 282 g/mol. The van der Waals surface area contributed by atoms with Gasteiger partial charge in [0.25, 0.3) is 0 Å². The van der Waals surface area contributed by atoms with Crippen molar-refractivity contribution in [3.63, 3.8) is 0 Å². The Balaban J connectivity index is 1.95. The largest absolute Gasteiger partial charge is 0.355 e. The second-order valence-electron chi connectivity index (χ2n) is 5.96. The second kappa shape index (κ2) is 6.20. The summed E-state index contributed by atoms with van der Waals surface area (Å²) in [6, 6.07) is 10.9. The number of likely N-dealkylation sites (N-methyl/N-ethyl adjacent to an activating group) is 2. The lowest BCUT2D eigenvalue weighted by Crippen LogP contribution is -2.45. The number of piperidine rings is 1. The first-order valence-corrected chi connectivity index (χ1v) is 8.08. The Hall–Kier alpha value is -1.32. The van der Waals surface area contributed by atoms with Crippen LogP contribution in [0.1, 0.15) is 18.4 Å². The summed E-state index contributed by atoms with van der Waals surface area (Å²) in [5.74, 6) is 1.55. The topological polar surface area (TPSA) is 19.4 Å². The van der Waals surface area contributed by atoms with Crippen LogP contribution in [0.5, 0.6) is 0 Å². The highest BCUT2D eigenvalue weighted by Gasteiger charge is 2.22. The molecule has 2 heterocycles. The Kier molecular flexibility index (Phi) is 4.32. The van der Waals surface area contributed by atoms with Crippen molar-refractivity contribution in [3.05, 3.63) is 35.9 Å². The number of rotatable bonds is 3. The first-order chi connectivity index (χ1) is 10.2. The molecule has 1 fully saturated rings. The van der Waals surface area contributed by atoms with Crippen LogP contribution in [0.25, 0.3) is 10.9 Å². The molecule has 0 amide bonds. The molecule has 0 aliphatic carbocycles. The molecule has 21 heavy (non-hydrogen) atoms. The van der Waals surface area contributed by atoms with E-state index in [2.05, 4.69) is 42.1 Å². The molecule has 1 aromatic heterocycles. The highest BCUT2D eigenvalue weighted by atomic mass is 35.5. The lowest BCUT2D eigenvalue weighted by Gasteiger charge is -2.36. The summed E-state index contributed by atoms with van der Waals surface area (Å²) in [6.45, 7) is 2.30. The highest BCUT2D eigenvalue weighted by molar-refractivity contribution is 6.18. The maximum Gasteiger partial charge on any atom is 0.129 e. The predicted molar refractivity (Wildman–Crippen MR) is 90.2 cm³/mol. The lowest BCUT2D eigenvalue weighted by molar-refractivity contribution is 0.247. The smallest absolute Gasteiger partial charge is 0.129 e. The third-order valence-corrected chi connectivity index (χ3v) is 4.73. The molecule has 1 aliphatic heterocycles. The minimum absolute atomic E-state index is 0.522. The molecule has 0 saturated carbocycles. The van der Waals surface area contributed by atoms with Crippen LogP contribution in [-0.4, -0.2) is 43.1 Å². The summed E-state index contributed by atoms with van der Waals surface area (Å²) in [5.41, 5.74) is 2.19. The van der Waals surface area contributed by atoms with Crippen LogP contribution in [0, 0.1) is 0 Å². The number of alkyl halides is 1. The molecule has 1 aliphatic rings. The van der Waals surface area contributed by atoms with Crippen LogP contribution in [0.4, 0.5) is 5.82 Å². The number of nitrogens with zero attached hydrogens (tertiary/aromatic N) is 3. The van der Waals surface area contributed by atoms with Crippen molar-refractivity contribution in [2.24, 2.45) is 0 Å². The normalized spacial score (nSPS) is 19.9. The molecule has 0 N–H and O–H groups in total. The summed E-state index contributed by atoms with van der Waals surface area (Å²) in [5, 5.41) is 1.16. The average Bonchev–Trinajstić information content (AvgIpc) is 2.53. The molecule has 1 unspecified atom stereocenters. The number of pyridine rings is 1. The van der Waals surface area contributed by atoms with Crippen LogP contribution < -0.4 is 4.90 Å². The molecule has 4 heteroatoms. The quantitative estimate of drug-likeness (QED) is 0.809. The molecule has 1 aromatic carbocycles. The minimum atomic E-state index is 0.522. The fraction of sp³-hybridized carbons (Fsp3) is 0.471. The molecule has 1 saturated heterocycles. The van der Waals surface area contributed by atoms with E-state index in [9.17, 15) is 0 Å². The summed E-state index contributed by atoms with van der Waals surface area (Å²) in [6.07, 6.45) is 2.48. The number of anilines is 1. The van der Waals surface area contributed by atoms with Crippen molar-refractivity contribution < 1.29 is 0 Å². The number of aromatic nitrogens is 1. The third kappa shape index (κ3) is 2.99. The van der Waals surface area contributed by atoms with E-state index in [0.717, 1.165) is 28.8 Å². The van der Waals surface area contributed by atoms with Crippen molar-refractivity contribution >= 4 is 28.3 Å². The third-order valence-electron chi connectivity index (χ3n) is 4.44. The molecule has 112 valence electrons. The van der Waals surface area contributed by atoms with Gasteiger partial charge in [-0.15, -0.1) is 11.6 Å². The van der Waals surface area contributed by atoms with E-state index >= 15 is 0 Å². The molecule has 1 atom stereocenters. The molecule has 0 spiro atoms. The van der Waals surface area contributed by atoms with Crippen LogP contribution in [0.2, 0.25) is 0 Å². The predicted octanol–water partition coefficient (Wildman–Crippen LogP) is 3.50. The number of hydrogen-bond acceptors (Lipinski definition) is 3. The fourth-order valence-electron chi connectivity index (χ4n) is 3.17. The lowest BCUT2D eigenvalue weighted by atomic mass is 10.0. The molecule has 0 bridgehead atoms. The van der Waals surface area contributed by atoms with Gasteiger partial charge in [0.05, 0.1) is 5.52 Å². The zero-order valence-electron chi connectivity index (χ0n) is 12.7. The van der Waals surface area contributed by atoms with Gasteiger partial charge >= 0.3 is 0 Å². The average molecular weight is 304 g/mol. The number of para-hydroxylation sites is 1. The number of benzene rings is 1. The van der Waals surface area contributed by atoms with Crippen LogP contribution in [0.3, 0.4) is 0 Å². The van der Waals surface area contributed by atoms with Crippen molar-refractivity contribution in [1.82, 2.24) is 9.88 Å². The number of fused-ring (bicyclic) bond motifs is 1. The molecule has 3 rings (SSSR count). The van der Waals surface area contributed by atoms with Gasteiger partial charge in [0, 0.05) is 30.9 Å². The van der Waals surface area contributed by atoms with Gasteiger partial charge in [0.1, 0.15) is 5.82 Å². The van der Waals surface area contributed by atoms with Gasteiger partial charge < -0.3 is 9.80 Å². The molecular formula is C17H22ClN3. The van der Waals surface area contributed by atoms with Gasteiger partial charge in [0.2, 0.25) is 0 Å². The zero-order chi connectivity index (χ0) is 14.8. The first kappa shape index (κ1) is 14.6. The van der Waals surface area contributed by atoms with Crippen molar-refractivity contribution in [2.45, 2.75) is 24.8 Å². The van der Waals surface area contributed by atoms with E-state index in [0.29, 0.717) is 11.9 Å². The second-order valence-corrected chi connectivity index (χ2v) is 6.23. The van der Waals surface area contributed by atoms with Crippen LogP contribution in [0.15, 0.2) is 30.3 Å². The van der Waals surface area contributed by atoms with Crippen molar-refractivity contribution in [3.8, 4) is 0 Å². The van der Waals surface area contributed by atoms with E-state index in [1.54, 1.807) is 0 Å². The van der Waals surface area contributed by atoms with E-state index in [4.69, 9.17) is 16.6 Å². The van der Waals surface area contributed by atoms with E-state index in [1.807, 2.05) is 12.1 Å². The number of hydrogen-bond donors (Lipinski definition) is 0. The first-order valence-electron chi connectivity index (χ1n) is 7.55. The van der Waals surface area contributed by atoms with Gasteiger partial charge in [-0.25, -0.2) is 4.98 Å². The van der Waals surface area contributed by atoms with Gasteiger partial charge in [-0.1, -0.05) is 18.2 Å².